The Kier molecular flexibility index (Phi) is 4.43. The first-order valence-corrected chi connectivity index (χ1v) is 8.02. The van der Waals surface area contributed by atoms with Crippen LogP contribution in [0.15, 0.2) is 24.4 Å². The number of hydrogen-bond acceptors (Lipinski definition) is 3. The van der Waals surface area contributed by atoms with Gasteiger partial charge in [-0.2, -0.15) is 0 Å². The second-order valence-electron chi connectivity index (χ2n) is 5.91. The van der Waals surface area contributed by atoms with Crippen molar-refractivity contribution in [1.29, 1.82) is 0 Å². The van der Waals surface area contributed by atoms with E-state index in [1.165, 1.54) is 19.3 Å². The lowest BCUT2D eigenvalue weighted by Crippen LogP contribution is -2.34. The standard InChI is InChI=1S/C17H21ClN2O/c1-11-6-5-9-13-15(11)14(10-19-16(13)18)17(21)20-12-7-3-2-4-8-12/h5-6,9-10,12,17,20-21H,2-4,7-8H2,1H3. The zero-order valence-electron chi connectivity index (χ0n) is 12.3. The van der Waals surface area contributed by atoms with Crippen LogP contribution in [-0.4, -0.2) is 16.1 Å². The number of nitrogens with one attached hydrogen (secondary N) is 1. The quantitative estimate of drug-likeness (QED) is 0.662. The highest BCUT2D eigenvalue weighted by Gasteiger charge is 2.20. The summed E-state index contributed by atoms with van der Waals surface area (Å²) in [6.45, 7) is 2.04. The lowest BCUT2D eigenvalue weighted by atomic mass is 9.94. The van der Waals surface area contributed by atoms with Crippen LogP contribution in [0.1, 0.15) is 49.5 Å². The number of nitrogens with zero attached hydrogens (tertiary/aromatic N) is 1. The van der Waals surface area contributed by atoms with Crippen molar-refractivity contribution in [2.45, 2.75) is 51.3 Å². The van der Waals surface area contributed by atoms with E-state index in [-0.39, 0.29) is 0 Å². The summed E-state index contributed by atoms with van der Waals surface area (Å²) in [6.07, 6.45) is 7.05. The number of aliphatic hydroxyl groups is 1. The van der Waals surface area contributed by atoms with E-state index in [1.54, 1.807) is 6.20 Å². The number of aromatic nitrogens is 1. The van der Waals surface area contributed by atoms with Crippen LogP contribution >= 0.6 is 11.6 Å². The molecule has 4 heteroatoms. The molecule has 112 valence electrons. The summed E-state index contributed by atoms with van der Waals surface area (Å²) in [5, 5.41) is 16.3. The maximum Gasteiger partial charge on any atom is 0.136 e. The van der Waals surface area contributed by atoms with Gasteiger partial charge in [0.25, 0.3) is 0 Å². The van der Waals surface area contributed by atoms with Gasteiger partial charge >= 0.3 is 0 Å². The zero-order chi connectivity index (χ0) is 14.8. The average Bonchev–Trinajstić information content (AvgIpc) is 2.49. The third-order valence-electron chi connectivity index (χ3n) is 4.39. The molecule has 0 amide bonds. The third-order valence-corrected chi connectivity index (χ3v) is 4.70. The number of pyridine rings is 1. The van der Waals surface area contributed by atoms with E-state index in [0.29, 0.717) is 11.2 Å². The summed E-state index contributed by atoms with van der Waals surface area (Å²) in [5.41, 5.74) is 1.93. The summed E-state index contributed by atoms with van der Waals surface area (Å²) in [7, 11) is 0. The molecule has 0 aliphatic heterocycles. The summed E-state index contributed by atoms with van der Waals surface area (Å²) in [6, 6.07) is 6.35. The first-order chi connectivity index (χ1) is 10.2. The van der Waals surface area contributed by atoms with Crippen molar-refractivity contribution in [3.05, 3.63) is 40.7 Å². The van der Waals surface area contributed by atoms with E-state index in [1.807, 2.05) is 25.1 Å². The molecule has 1 heterocycles. The molecule has 1 aromatic heterocycles. The molecule has 0 saturated heterocycles. The SMILES string of the molecule is Cc1cccc2c(Cl)ncc(C(O)NC3CCCCC3)c12. The summed E-state index contributed by atoms with van der Waals surface area (Å²) < 4.78 is 0. The Morgan fingerprint density at radius 2 is 2.05 bits per heavy atom. The average molecular weight is 305 g/mol. The molecule has 1 saturated carbocycles. The molecule has 1 atom stereocenters. The molecular weight excluding hydrogens is 284 g/mol. The molecule has 1 aliphatic rings. The van der Waals surface area contributed by atoms with Gasteiger partial charge in [0.05, 0.1) is 0 Å². The molecule has 21 heavy (non-hydrogen) atoms. The van der Waals surface area contributed by atoms with Gasteiger partial charge in [-0.3, -0.25) is 5.32 Å². The van der Waals surface area contributed by atoms with Gasteiger partial charge in [-0.1, -0.05) is 49.1 Å². The molecule has 1 aliphatic carbocycles. The fourth-order valence-electron chi connectivity index (χ4n) is 3.27. The van der Waals surface area contributed by atoms with Crippen LogP contribution in [0.4, 0.5) is 0 Å². The maximum absolute atomic E-state index is 10.6. The van der Waals surface area contributed by atoms with Crippen LogP contribution in [0.2, 0.25) is 5.15 Å². The molecule has 0 bridgehead atoms. The highest BCUT2D eigenvalue weighted by molar-refractivity contribution is 6.34. The highest BCUT2D eigenvalue weighted by Crippen LogP contribution is 2.30. The fraction of sp³-hybridized carbons (Fsp3) is 0.471. The van der Waals surface area contributed by atoms with Crippen LogP contribution in [0.25, 0.3) is 10.8 Å². The van der Waals surface area contributed by atoms with E-state index >= 15 is 0 Å². The molecule has 3 nitrogen and oxygen atoms in total. The van der Waals surface area contributed by atoms with Crippen LogP contribution in [0, 0.1) is 6.92 Å². The lowest BCUT2D eigenvalue weighted by Gasteiger charge is -2.26. The van der Waals surface area contributed by atoms with E-state index in [4.69, 9.17) is 11.6 Å². The van der Waals surface area contributed by atoms with E-state index in [2.05, 4.69) is 10.3 Å². The number of hydrogen-bond donors (Lipinski definition) is 2. The Morgan fingerprint density at radius 3 is 2.81 bits per heavy atom. The van der Waals surface area contributed by atoms with Crippen LogP contribution in [0.3, 0.4) is 0 Å². The van der Waals surface area contributed by atoms with Crippen molar-refractivity contribution in [2.24, 2.45) is 0 Å². The number of fused-ring (bicyclic) bond motifs is 1. The molecule has 1 aromatic carbocycles. The Hall–Kier alpha value is -1.16. The summed E-state index contributed by atoms with van der Waals surface area (Å²) in [4.78, 5) is 4.23. The normalized spacial score (nSPS) is 18.0. The number of aliphatic hydroxyl groups excluding tert-OH is 1. The van der Waals surface area contributed by atoms with Crippen molar-refractivity contribution < 1.29 is 5.11 Å². The van der Waals surface area contributed by atoms with Crippen molar-refractivity contribution >= 4 is 22.4 Å². The third kappa shape index (κ3) is 3.05. The number of benzene rings is 1. The fourth-order valence-corrected chi connectivity index (χ4v) is 3.48. The predicted octanol–water partition coefficient (Wildman–Crippen LogP) is 4.11. The summed E-state index contributed by atoms with van der Waals surface area (Å²) in [5.74, 6) is 0. The number of aryl methyl sites for hydroxylation is 1. The minimum absolute atomic E-state index is 0.392. The van der Waals surface area contributed by atoms with Gasteiger partial charge in [-0.05, 0) is 30.7 Å². The summed E-state index contributed by atoms with van der Waals surface area (Å²) >= 11 is 6.18. The number of halogens is 1. The van der Waals surface area contributed by atoms with Crippen molar-refractivity contribution in [3.8, 4) is 0 Å². The monoisotopic (exact) mass is 304 g/mol. The van der Waals surface area contributed by atoms with Gasteiger partial charge in [0.15, 0.2) is 0 Å². The van der Waals surface area contributed by atoms with Gasteiger partial charge in [-0.15, -0.1) is 0 Å². The van der Waals surface area contributed by atoms with Gasteiger partial charge in [-0.25, -0.2) is 4.98 Å². The molecular formula is C17H21ClN2O. The topological polar surface area (TPSA) is 45.2 Å². The molecule has 1 unspecified atom stereocenters. The molecule has 0 spiro atoms. The predicted molar refractivity (Wildman–Crippen MR) is 86.5 cm³/mol. The maximum atomic E-state index is 10.6. The van der Waals surface area contributed by atoms with Crippen molar-refractivity contribution in [1.82, 2.24) is 10.3 Å². The minimum Gasteiger partial charge on any atom is -0.374 e. The van der Waals surface area contributed by atoms with E-state index in [9.17, 15) is 5.11 Å². The Labute approximate surface area is 130 Å². The molecule has 1 fully saturated rings. The zero-order valence-corrected chi connectivity index (χ0v) is 13.0. The van der Waals surface area contributed by atoms with Crippen LogP contribution in [0.5, 0.6) is 0 Å². The van der Waals surface area contributed by atoms with E-state index < -0.39 is 6.23 Å². The lowest BCUT2D eigenvalue weighted by molar-refractivity contribution is 0.115. The Balaban J connectivity index is 1.94. The van der Waals surface area contributed by atoms with Gasteiger partial charge in [0.1, 0.15) is 11.4 Å². The molecule has 2 aromatic rings. The molecule has 2 N–H and O–H groups in total. The smallest absolute Gasteiger partial charge is 0.136 e. The first kappa shape index (κ1) is 14.8. The Bertz CT molecular complexity index is 638. The van der Waals surface area contributed by atoms with Gasteiger partial charge in [0, 0.05) is 23.2 Å². The largest absolute Gasteiger partial charge is 0.374 e. The van der Waals surface area contributed by atoms with Gasteiger partial charge < -0.3 is 5.11 Å². The molecule has 3 rings (SSSR count). The first-order valence-electron chi connectivity index (χ1n) is 7.64. The molecule has 0 radical (unpaired) electrons. The second-order valence-corrected chi connectivity index (χ2v) is 6.26. The Morgan fingerprint density at radius 1 is 1.29 bits per heavy atom. The van der Waals surface area contributed by atoms with Gasteiger partial charge in [0.2, 0.25) is 0 Å². The second kappa shape index (κ2) is 6.30. The highest BCUT2D eigenvalue weighted by atomic mass is 35.5. The van der Waals surface area contributed by atoms with Crippen molar-refractivity contribution in [3.63, 3.8) is 0 Å². The van der Waals surface area contributed by atoms with Crippen molar-refractivity contribution in [2.75, 3.05) is 0 Å². The number of rotatable bonds is 3. The minimum atomic E-state index is -0.693. The van der Waals surface area contributed by atoms with Crippen LogP contribution in [-0.2, 0) is 0 Å². The van der Waals surface area contributed by atoms with Crippen LogP contribution < -0.4 is 5.32 Å². The van der Waals surface area contributed by atoms with E-state index in [0.717, 1.165) is 34.7 Å².